The van der Waals surface area contributed by atoms with E-state index in [0.717, 1.165) is 12.5 Å². The third kappa shape index (κ3) is 6.10. The summed E-state index contributed by atoms with van der Waals surface area (Å²) in [6, 6.07) is 5.18. The minimum absolute atomic E-state index is 0.0328. The van der Waals surface area contributed by atoms with Crippen molar-refractivity contribution >= 4 is 30.2 Å². The maximum absolute atomic E-state index is 13.0. The Balaban J connectivity index is 2.61. The van der Waals surface area contributed by atoms with Crippen molar-refractivity contribution in [3.63, 3.8) is 0 Å². The van der Waals surface area contributed by atoms with Gasteiger partial charge in [0.15, 0.2) is 12.6 Å². The number of hydrogen-bond donors (Lipinski definition) is 1. The number of benzene rings is 1. The number of nitrogens with one attached hydrogen (secondary N) is 1. The SMILES string of the molecule is CCCOCCOC(=O)C1=C(C=O)NC(C=O)=C(C(=O)OCC)C1c1cccc([N+](=O)[O-])c1. The minimum atomic E-state index is -1.32. The molecular weight excluding hydrogens is 436 g/mol. The fourth-order valence-corrected chi connectivity index (χ4v) is 3.25. The van der Waals surface area contributed by atoms with Crippen molar-refractivity contribution in [2.75, 3.05) is 26.4 Å². The van der Waals surface area contributed by atoms with E-state index in [0.29, 0.717) is 19.2 Å². The monoisotopic (exact) mass is 460 g/mol. The van der Waals surface area contributed by atoms with Gasteiger partial charge in [-0.3, -0.25) is 19.7 Å². The van der Waals surface area contributed by atoms with Crippen molar-refractivity contribution < 1.29 is 38.3 Å². The summed E-state index contributed by atoms with van der Waals surface area (Å²) in [4.78, 5) is 59.9. The molecule has 0 saturated heterocycles. The molecule has 0 amide bonds. The molecule has 1 atom stereocenters. The molecule has 0 saturated carbocycles. The molecule has 0 aromatic heterocycles. The van der Waals surface area contributed by atoms with Gasteiger partial charge in [0.2, 0.25) is 0 Å². The Bertz CT molecular complexity index is 997. The van der Waals surface area contributed by atoms with Crippen LogP contribution in [0.5, 0.6) is 0 Å². The van der Waals surface area contributed by atoms with Gasteiger partial charge in [0.05, 0.1) is 46.6 Å². The lowest BCUT2D eigenvalue weighted by Gasteiger charge is -2.29. The third-order valence-electron chi connectivity index (χ3n) is 4.60. The molecule has 0 fully saturated rings. The van der Waals surface area contributed by atoms with E-state index in [1.54, 1.807) is 6.92 Å². The maximum atomic E-state index is 13.0. The Hall–Kier alpha value is -3.86. The highest BCUT2D eigenvalue weighted by atomic mass is 16.6. The van der Waals surface area contributed by atoms with E-state index in [2.05, 4.69) is 5.32 Å². The van der Waals surface area contributed by atoms with Crippen LogP contribution in [0.25, 0.3) is 0 Å². The van der Waals surface area contributed by atoms with Crippen molar-refractivity contribution in [3.05, 3.63) is 62.5 Å². The number of non-ortho nitro benzene ring substituents is 1. The average Bonchev–Trinajstić information content (AvgIpc) is 2.82. The van der Waals surface area contributed by atoms with Gasteiger partial charge >= 0.3 is 11.9 Å². The van der Waals surface area contributed by atoms with E-state index >= 15 is 0 Å². The van der Waals surface area contributed by atoms with Crippen LogP contribution in [0.4, 0.5) is 5.69 Å². The lowest BCUT2D eigenvalue weighted by Crippen LogP contribution is -2.35. The molecule has 11 nitrogen and oxygen atoms in total. The Morgan fingerprint density at radius 1 is 1.03 bits per heavy atom. The molecule has 1 heterocycles. The molecule has 1 aromatic carbocycles. The molecule has 1 aliphatic heterocycles. The first kappa shape index (κ1) is 25.4. The summed E-state index contributed by atoms with van der Waals surface area (Å²) in [7, 11) is 0. The highest BCUT2D eigenvalue weighted by Gasteiger charge is 2.40. The van der Waals surface area contributed by atoms with Gasteiger partial charge in [0.1, 0.15) is 6.61 Å². The van der Waals surface area contributed by atoms with E-state index in [4.69, 9.17) is 14.2 Å². The molecule has 1 N–H and O–H groups in total. The molecule has 33 heavy (non-hydrogen) atoms. The number of rotatable bonds is 12. The molecule has 11 heteroatoms. The second-order valence-corrected chi connectivity index (χ2v) is 6.77. The fraction of sp³-hybridized carbons (Fsp3) is 0.364. The standard InChI is InChI=1S/C22H24N2O9/c1-3-8-31-9-10-33-22(28)20-17(13-26)23-16(12-25)19(21(27)32-4-2)18(20)14-6-5-7-15(11-14)24(29)30/h5-7,11-13,18,23H,3-4,8-10H2,1-2H3. The summed E-state index contributed by atoms with van der Waals surface area (Å²) >= 11 is 0. The predicted molar refractivity (Wildman–Crippen MR) is 114 cm³/mol. The third-order valence-corrected chi connectivity index (χ3v) is 4.60. The van der Waals surface area contributed by atoms with Gasteiger partial charge in [-0.2, -0.15) is 0 Å². The molecule has 0 aliphatic carbocycles. The average molecular weight is 460 g/mol. The van der Waals surface area contributed by atoms with E-state index in [1.807, 2.05) is 6.92 Å². The summed E-state index contributed by atoms with van der Waals surface area (Å²) in [6.45, 7) is 3.88. The second-order valence-electron chi connectivity index (χ2n) is 6.77. The number of ether oxygens (including phenoxy) is 3. The van der Waals surface area contributed by atoms with Crippen LogP contribution in [0.15, 0.2) is 46.8 Å². The lowest BCUT2D eigenvalue weighted by molar-refractivity contribution is -0.384. The van der Waals surface area contributed by atoms with Crippen LogP contribution in [0, 0.1) is 10.1 Å². The summed E-state index contributed by atoms with van der Waals surface area (Å²) in [5, 5.41) is 13.8. The van der Waals surface area contributed by atoms with Gasteiger partial charge in [0, 0.05) is 18.7 Å². The first-order valence-corrected chi connectivity index (χ1v) is 10.2. The highest BCUT2D eigenvalue weighted by molar-refractivity contribution is 6.06. The van der Waals surface area contributed by atoms with Crippen LogP contribution < -0.4 is 5.32 Å². The lowest BCUT2D eigenvalue weighted by atomic mass is 9.80. The summed E-state index contributed by atoms with van der Waals surface area (Å²) in [6.07, 6.45) is 1.39. The van der Waals surface area contributed by atoms with Crippen molar-refractivity contribution in [1.29, 1.82) is 0 Å². The Morgan fingerprint density at radius 2 is 1.67 bits per heavy atom. The largest absolute Gasteiger partial charge is 0.463 e. The normalized spacial score (nSPS) is 15.5. The van der Waals surface area contributed by atoms with Crippen LogP contribution >= 0.6 is 0 Å². The number of carbonyl (C=O) groups excluding carboxylic acids is 4. The van der Waals surface area contributed by atoms with E-state index in [-0.39, 0.29) is 53.6 Å². The number of nitro groups is 1. The molecule has 1 aromatic rings. The Morgan fingerprint density at radius 3 is 2.21 bits per heavy atom. The summed E-state index contributed by atoms with van der Waals surface area (Å²) < 4.78 is 15.6. The number of nitro benzene ring substituents is 1. The fourth-order valence-electron chi connectivity index (χ4n) is 3.25. The zero-order valence-corrected chi connectivity index (χ0v) is 18.2. The Labute approximate surface area is 189 Å². The van der Waals surface area contributed by atoms with Crippen LogP contribution in [0.2, 0.25) is 0 Å². The van der Waals surface area contributed by atoms with Crippen LogP contribution in [-0.2, 0) is 33.4 Å². The molecule has 1 aliphatic rings. The number of allylic oxidation sites excluding steroid dienone is 2. The quantitative estimate of drug-likeness (QED) is 0.160. The van der Waals surface area contributed by atoms with Crippen molar-refractivity contribution in [2.45, 2.75) is 26.2 Å². The summed E-state index contributed by atoms with van der Waals surface area (Å²) in [5.41, 5.74) is -1.34. The minimum Gasteiger partial charge on any atom is -0.463 e. The van der Waals surface area contributed by atoms with Gasteiger partial charge < -0.3 is 19.5 Å². The molecule has 1 unspecified atom stereocenters. The number of dihydropyridines is 1. The van der Waals surface area contributed by atoms with Crippen molar-refractivity contribution in [3.8, 4) is 0 Å². The predicted octanol–water partition coefficient (Wildman–Crippen LogP) is 1.72. The van der Waals surface area contributed by atoms with Gasteiger partial charge in [-0.05, 0) is 18.9 Å². The first-order chi connectivity index (χ1) is 15.9. The number of esters is 2. The van der Waals surface area contributed by atoms with Gasteiger partial charge in [-0.25, -0.2) is 9.59 Å². The number of aldehydes is 2. The number of nitrogens with zero attached hydrogens (tertiary/aromatic N) is 1. The first-order valence-electron chi connectivity index (χ1n) is 10.2. The molecular formula is C22H24N2O9. The van der Waals surface area contributed by atoms with Crippen LogP contribution in [0.1, 0.15) is 31.7 Å². The zero-order valence-electron chi connectivity index (χ0n) is 18.2. The molecule has 0 bridgehead atoms. The van der Waals surface area contributed by atoms with Crippen molar-refractivity contribution in [1.82, 2.24) is 5.32 Å². The number of carbonyl (C=O) groups is 4. The van der Waals surface area contributed by atoms with Gasteiger partial charge in [-0.15, -0.1) is 0 Å². The number of hydrogen-bond acceptors (Lipinski definition) is 10. The van der Waals surface area contributed by atoms with Gasteiger partial charge in [0.25, 0.3) is 5.69 Å². The molecule has 0 radical (unpaired) electrons. The van der Waals surface area contributed by atoms with E-state index in [1.165, 1.54) is 18.2 Å². The second kappa shape index (κ2) is 12.2. The van der Waals surface area contributed by atoms with E-state index < -0.39 is 22.8 Å². The highest BCUT2D eigenvalue weighted by Crippen LogP contribution is 2.39. The zero-order chi connectivity index (χ0) is 24.4. The smallest absolute Gasteiger partial charge is 0.337 e. The van der Waals surface area contributed by atoms with Crippen molar-refractivity contribution in [2.24, 2.45) is 0 Å². The van der Waals surface area contributed by atoms with Crippen LogP contribution in [0.3, 0.4) is 0 Å². The molecule has 0 spiro atoms. The maximum Gasteiger partial charge on any atom is 0.337 e. The van der Waals surface area contributed by atoms with Gasteiger partial charge in [-0.1, -0.05) is 19.1 Å². The molecule has 176 valence electrons. The van der Waals surface area contributed by atoms with E-state index in [9.17, 15) is 29.3 Å². The topological polar surface area (TPSA) is 151 Å². The summed E-state index contributed by atoms with van der Waals surface area (Å²) in [5.74, 6) is -3.20. The van der Waals surface area contributed by atoms with Crippen LogP contribution in [-0.4, -0.2) is 55.9 Å². The molecule has 2 rings (SSSR count). The Kier molecular flexibility index (Phi) is 9.43.